The van der Waals surface area contributed by atoms with Crippen molar-refractivity contribution in [2.75, 3.05) is 0 Å². The van der Waals surface area contributed by atoms with Gasteiger partial charge in [-0.2, -0.15) is 0 Å². The molecule has 1 radical (unpaired) electrons. The molecule has 6 aromatic heterocycles. The van der Waals surface area contributed by atoms with Crippen LogP contribution < -0.4 is 0 Å². The van der Waals surface area contributed by atoms with Gasteiger partial charge in [0.15, 0.2) is 0 Å². The first kappa shape index (κ1) is 30.9. The number of hydrogen-bond acceptors (Lipinski definition) is 6. The molecule has 0 spiro atoms. The van der Waals surface area contributed by atoms with Crippen LogP contribution >= 0.6 is 0 Å². The van der Waals surface area contributed by atoms with E-state index in [0.29, 0.717) is 0 Å². The van der Waals surface area contributed by atoms with Crippen LogP contribution in [-0.4, -0.2) is 29.9 Å². The number of hydrogen-bond donors (Lipinski definition) is 0. The van der Waals surface area contributed by atoms with E-state index in [1.165, 1.54) is 49.1 Å². The predicted octanol–water partition coefficient (Wildman–Crippen LogP) is 7.24. The van der Waals surface area contributed by atoms with Gasteiger partial charge < -0.3 is 0 Å². The maximum absolute atomic E-state index is 13.7. The van der Waals surface area contributed by atoms with Gasteiger partial charge in [-0.25, -0.2) is 36.3 Å². The Labute approximate surface area is 250 Å². The average Bonchev–Trinajstić information content (AvgIpc) is 2.97. The molecule has 0 aliphatic heterocycles. The van der Waals surface area contributed by atoms with Gasteiger partial charge in [0, 0.05) is 90.1 Å². The van der Waals surface area contributed by atoms with E-state index in [1.54, 1.807) is 0 Å². The minimum atomic E-state index is -0.591. The van der Waals surface area contributed by atoms with Gasteiger partial charge >= 0.3 is 0 Å². The average molecular weight is 633 g/mol. The van der Waals surface area contributed by atoms with Crippen LogP contribution in [0.1, 0.15) is 0 Å². The summed E-state index contributed by atoms with van der Waals surface area (Å²) in [6.07, 6.45) is 5.05. The minimum Gasteiger partial charge on any atom is -0.254 e. The zero-order chi connectivity index (χ0) is 29.6. The Hall–Kier alpha value is -5.01. The zero-order valence-corrected chi connectivity index (χ0v) is 22.6. The molecule has 0 fully saturated rings. The molecule has 0 amide bonds. The summed E-state index contributed by atoms with van der Waals surface area (Å²) in [5, 5.41) is 0. The summed E-state index contributed by atoms with van der Waals surface area (Å²) in [6, 6.07) is 13.8. The number of pyridine rings is 6. The molecule has 0 N–H and O–H groups in total. The van der Waals surface area contributed by atoms with Gasteiger partial charge in [-0.3, -0.25) is 19.9 Å². The Morgan fingerprint density at radius 1 is 0.302 bits per heavy atom. The van der Waals surface area contributed by atoms with E-state index in [-0.39, 0.29) is 62.3 Å². The van der Waals surface area contributed by atoms with Crippen molar-refractivity contribution >= 4 is 0 Å². The van der Waals surface area contributed by atoms with E-state index in [2.05, 4.69) is 29.9 Å². The monoisotopic (exact) mass is 633 g/mol. The fraction of sp³-hybridized carbons (Fsp3) is 0. The van der Waals surface area contributed by atoms with Crippen molar-refractivity contribution in [2.45, 2.75) is 0 Å². The molecule has 0 aromatic carbocycles. The first-order chi connectivity index (χ1) is 20.2. The van der Waals surface area contributed by atoms with Gasteiger partial charge in [-0.05, 0) is 24.3 Å². The largest absolute Gasteiger partial charge is 0.254 e. The molecule has 0 aliphatic carbocycles. The van der Waals surface area contributed by atoms with Crippen molar-refractivity contribution < 1.29 is 43.1 Å². The van der Waals surface area contributed by atoms with Crippen LogP contribution in [0.3, 0.4) is 0 Å². The second-order valence-electron chi connectivity index (χ2n) is 8.55. The topological polar surface area (TPSA) is 77.3 Å². The van der Waals surface area contributed by atoms with E-state index in [9.17, 15) is 26.3 Å². The number of nitrogens with zero attached hydrogens (tertiary/aromatic N) is 6. The SMILES string of the molecule is Fc1ccnc(-c2cc(F)cc(-c3cc(F)ccn3)n2)c1.Fc1ccnc(-c2cc(F)cc(-c3cc(F)ccn3)n2)c1.[Co]. The summed E-state index contributed by atoms with van der Waals surface area (Å²) in [5.74, 6) is -3.19. The second kappa shape index (κ2) is 13.8. The molecule has 217 valence electrons. The van der Waals surface area contributed by atoms with E-state index in [0.717, 1.165) is 48.5 Å². The normalized spacial score (nSPS) is 10.4. The third-order valence-electron chi connectivity index (χ3n) is 5.52. The number of aromatic nitrogens is 6. The van der Waals surface area contributed by atoms with Crippen LogP contribution in [0.25, 0.3) is 45.6 Å². The summed E-state index contributed by atoms with van der Waals surface area (Å²) in [4.78, 5) is 24.1. The zero-order valence-electron chi connectivity index (χ0n) is 21.5. The molecule has 0 aliphatic rings. The Kier molecular flexibility index (Phi) is 9.90. The molecule has 0 atom stereocenters. The van der Waals surface area contributed by atoms with Gasteiger partial charge in [0.25, 0.3) is 0 Å². The molecule has 6 nitrogen and oxygen atoms in total. The minimum absolute atomic E-state index is 0. The van der Waals surface area contributed by atoms with Crippen molar-refractivity contribution in [2.24, 2.45) is 0 Å². The van der Waals surface area contributed by atoms with Gasteiger partial charge in [-0.1, -0.05) is 0 Å². The number of rotatable bonds is 4. The predicted molar refractivity (Wildman–Crippen MR) is 141 cm³/mol. The van der Waals surface area contributed by atoms with Crippen LogP contribution in [0.2, 0.25) is 0 Å². The van der Waals surface area contributed by atoms with Crippen LogP contribution in [0.5, 0.6) is 0 Å². The van der Waals surface area contributed by atoms with Crippen molar-refractivity contribution in [3.05, 3.63) is 132 Å². The second-order valence-corrected chi connectivity index (χ2v) is 8.55. The molecule has 6 rings (SSSR count). The third kappa shape index (κ3) is 8.05. The van der Waals surface area contributed by atoms with E-state index in [4.69, 9.17) is 0 Å². The summed E-state index contributed by atoms with van der Waals surface area (Å²) in [5.41, 5.74) is 1.34. The van der Waals surface area contributed by atoms with Crippen LogP contribution in [0.4, 0.5) is 26.3 Å². The van der Waals surface area contributed by atoms with Crippen molar-refractivity contribution in [3.8, 4) is 45.6 Å². The van der Waals surface area contributed by atoms with Crippen molar-refractivity contribution in [1.82, 2.24) is 29.9 Å². The Morgan fingerprint density at radius 3 is 0.721 bits per heavy atom. The van der Waals surface area contributed by atoms with Gasteiger partial charge in [0.2, 0.25) is 0 Å². The summed E-state index contributed by atoms with van der Waals surface area (Å²) in [6.45, 7) is 0. The fourth-order valence-corrected chi connectivity index (χ4v) is 3.70. The Balaban J connectivity index is 0.000000192. The summed E-state index contributed by atoms with van der Waals surface area (Å²) in [7, 11) is 0. The molecule has 0 saturated carbocycles. The molecule has 6 aromatic rings. The standard InChI is InChI=1S/2C15H8F3N3.Co/c2*16-9-1-3-19-12(5-9)14-7-11(18)8-15(21-14)13-6-10(17)2-4-20-13;/h2*1-8H;. The van der Waals surface area contributed by atoms with E-state index < -0.39 is 34.9 Å². The first-order valence-corrected chi connectivity index (χ1v) is 12.1. The molecule has 0 unspecified atom stereocenters. The van der Waals surface area contributed by atoms with Crippen LogP contribution in [0.15, 0.2) is 97.6 Å². The van der Waals surface area contributed by atoms with Gasteiger partial charge in [-0.15, -0.1) is 0 Å². The van der Waals surface area contributed by atoms with E-state index in [1.807, 2.05) is 0 Å². The van der Waals surface area contributed by atoms with Crippen molar-refractivity contribution in [1.29, 1.82) is 0 Å². The molecule has 43 heavy (non-hydrogen) atoms. The quantitative estimate of drug-likeness (QED) is 0.191. The molecular formula is C30H16CoF6N6. The summed E-state index contributed by atoms with van der Waals surface area (Å²) < 4.78 is 80.3. The molecular weight excluding hydrogens is 617 g/mol. The molecule has 0 saturated heterocycles. The van der Waals surface area contributed by atoms with E-state index >= 15 is 0 Å². The first-order valence-electron chi connectivity index (χ1n) is 12.1. The molecule has 0 bridgehead atoms. The van der Waals surface area contributed by atoms with Gasteiger partial charge in [0.1, 0.15) is 34.9 Å². The Morgan fingerprint density at radius 2 is 0.512 bits per heavy atom. The molecule has 6 heterocycles. The molecule has 13 heteroatoms. The third-order valence-corrected chi connectivity index (χ3v) is 5.52. The Bertz CT molecular complexity index is 1630. The number of halogens is 6. The van der Waals surface area contributed by atoms with Crippen LogP contribution in [0, 0.1) is 34.9 Å². The van der Waals surface area contributed by atoms with Crippen molar-refractivity contribution in [3.63, 3.8) is 0 Å². The summed E-state index contributed by atoms with van der Waals surface area (Å²) >= 11 is 0. The van der Waals surface area contributed by atoms with Crippen LogP contribution in [-0.2, 0) is 16.8 Å². The fourth-order valence-electron chi connectivity index (χ4n) is 3.70. The smallest absolute Gasteiger partial charge is 0.127 e. The maximum atomic E-state index is 13.7. The van der Waals surface area contributed by atoms with Gasteiger partial charge in [0.05, 0.1) is 45.6 Å². The maximum Gasteiger partial charge on any atom is 0.127 e.